The Morgan fingerprint density at radius 2 is 1.96 bits per heavy atom. The summed E-state index contributed by atoms with van der Waals surface area (Å²) in [5, 5.41) is 7.84. The highest BCUT2D eigenvalue weighted by atomic mass is 16.5. The maximum absolute atomic E-state index is 12.9. The Labute approximate surface area is 167 Å². The van der Waals surface area contributed by atoms with Crippen LogP contribution in [-0.2, 0) is 27.4 Å². The highest BCUT2D eigenvalue weighted by molar-refractivity contribution is 5.79. The van der Waals surface area contributed by atoms with Crippen molar-refractivity contribution in [2.45, 2.75) is 46.7 Å². The van der Waals surface area contributed by atoms with Gasteiger partial charge in [-0.15, -0.1) is 0 Å². The molecule has 1 amide bonds. The number of nitrogens with one attached hydrogen (secondary N) is 1. The maximum Gasteiger partial charge on any atom is 0.327 e. The predicted octanol–water partition coefficient (Wildman–Crippen LogP) is 0.707. The maximum atomic E-state index is 12.9. The van der Waals surface area contributed by atoms with E-state index < -0.39 is 0 Å². The van der Waals surface area contributed by atoms with Gasteiger partial charge in [0.05, 0.1) is 18.2 Å². The number of rotatable bonds is 6. The summed E-state index contributed by atoms with van der Waals surface area (Å²) in [6, 6.07) is 0. The van der Waals surface area contributed by atoms with Gasteiger partial charge in [0.1, 0.15) is 6.54 Å². The summed E-state index contributed by atoms with van der Waals surface area (Å²) in [7, 11) is 0. The van der Waals surface area contributed by atoms with E-state index in [0.29, 0.717) is 12.5 Å². The van der Waals surface area contributed by atoms with E-state index in [1.165, 1.54) is 0 Å². The minimum absolute atomic E-state index is 0.0852. The molecule has 3 rings (SSSR count). The summed E-state index contributed by atoms with van der Waals surface area (Å²) in [4.78, 5) is 29.1. The van der Waals surface area contributed by atoms with Gasteiger partial charge in [-0.25, -0.2) is 0 Å². The highest BCUT2D eigenvalue weighted by Crippen LogP contribution is 2.23. The van der Waals surface area contributed by atoms with Gasteiger partial charge in [-0.1, -0.05) is 0 Å². The zero-order valence-corrected chi connectivity index (χ0v) is 17.4. The minimum Gasteiger partial charge on any atom is -0.465 e. The summed E-state index contributed by atoms with van der Waals surface area (Å²) >= 11 is 0. The van der Waals surface area contributed by atoms with Crippen LogP contribution in [0.2, 0.25) is 0 Å². The molecule has 0 aromatic carbocycles. The normalized spacial score (nSPS) is 21.0. The number of carbonyl (C=O) groups excluding carboxylic acids is 2. The number of nitrogens with zero attached hydrogens (tertiary/aromatic N) is 4. The molecule has 3 heterocycles. The molecule has 0 spiro atoms. The average Bonchev–Trinajstić information content (AvgIpc) is 2.96. The molecule has 156 valence electrons. The second-order valence-electron chi connectivity index (χ2n) is 7.76. The molecule has 28 heavy (non-hydrogen) atoms. The molecule has 0 bridgehead atoms. The number of aryl methyl sites for hydroxylation is 1. The molecule has 0 radical (unpaired) electrons. The summed E-state index contributed by atoms with van der Waals surface area (Å²) in [6.45, 7) is 12.3. The average molecular weight is 392 g/mol. The lowest BCUT2D eigenvalue weighted by molar-refractivity contribution is -0.144. The van der Waals surface area contributed by atoms with Crippen molar-refractivity contribution in [2.24, 2.45) is 5.92 Å². The first-order chi connectivity index (χ1) is 13.5. The first kappa shape index (κ1) is 20.8. The Balaban J connectivity index is 1.62. The van der Waals surface area contributed by atoms with Crippen LogP contribution in [0, 0.1) is 19.8 Å². The van der Waals surface area contributed by atoms with Gasteiger partial charge < -0.3 is 15.0 Å². The number of hydrogen-bond donors (Lipinski definition) is 1. The predicted molar refractivity (Wildman–Crippen MR) is 106 cm³/mol. The number of piperazine rings is 1. The number of likely N-dealkylation sites (tertiary alicyclic amines) is 1. The highest BCUT2D eigenvalue weighted by Gasteiger charge is 2.30. The molecule has 1 aromatic heterocycles. The summed E-state index contributed by atoms with van der Waals surface area (Å²) in [5.41, 5.74) is 3.10. The molecule has 2 fully saturated rings. The molecular formula is C20H33N5O3. The van der Waals surface area contributed by atoms with E-state index in [9.17, 15) is 9.59 Å². The quantitative estimate of drug-likeness (QED) is 0.720. The summed E-state index contributed by atoms with van der Waals surface area (Å²) < 4.78 is 6.77. The van der Waals surface area contributed by atoms with Crippen molar-refractivity contribution in [1.82, 2.24) is 24.9 Å². The van der Waals surface area contributed by atoms with Crippen molar-refractivity contribution in [3.63, 3.8) is 0 Å². The van der Waals surface area contributed by atoms with Crippen LogP contribution in [0.1, 0.15) is 36.7 Å². The molecule has 2 aliphatic heterocycles. The van der Waals surface area contributed by atoms with E-state index in [1.807, 2.05) is 18.7 Å². The van der Waals surface area contributed by atoms with Crippen LogP contribution in [0.25, 0.3) is 0 Å². The number of esters is 1. The van der Waals surface area contributed by atoms with Crippen molar-refractivity contribution in [3.8, 4) is 0 Å². The second kappa shape index (κ2) is 9.52. The van der Waals surface area contributed by atoms with E-state index in [2.05, 4.69) is 15.3 Å². The lowest BCUT2D eigenvalue weighted by atomic mass is 9.95. The van der Waals surface area contributed by atoms with Crippen LogP contribution in [0.15, 0.2) is 0 Å². The molecule has 2 aliphatic rings. The standard InChI is InChI=1S/C20H33N5O3/c1-4-28-19(26)14-25-16(3)18(15(2)22-25)13-23-9-5-6-17(12-23)20(27)24-10-7-21-8-11-24/h17,21H,4-14H2,1-3H3. The molecular weight excluding hydrogens is 358 g/mol. The Morgan fingerprint density at radius 1 is 1.21 bits per heavy atom. The van der Waals surface area contributed by atoms with E-state index in [-0.39, 0.29) is 18.4 Å². The SMILES string of the molecule is CCOC(=O)Cn1nc(C)c(CN2CCCC(C(=O)N3CCNCC3)C2)c1C. The number of amides is 1. The van der Waals surface area contributed by atoms with Gasteiger partial charge in [-0.2, -0.15) is 5.10 Å². The molecule has 2 saturated heterocycles. The van der Waals surface area contributed by atoms with Gasteiger partial charge in [0.25, 0.3) is 0 Å². The van der Waals surface area contributed by atoms with Gasteiger partial charge in [0.15, 0.2) is 0 Å². The second-order valence-corrected chi connectivity index (χ2v) is 7.76. The fraction of sp³-hybridized carbons (Fsp3) is 0.750. The van der Waals surface area contributed by atoms with E-state index in [4.69, 9.17) is 4.74 Å². The van der Waals surface area contributed by atoms with Crippen LogP contribution in [0.5, 0.6) is 0 Å². The third kappa shape index (κ3) is 4.91. The van der Waals surface area contributed by atoms with E-state index in [1.54, 1.807) is 11.6 Å². The van der Waals surface area contributed by atoms with Crippen molar-refractivity contribution < 1.29 is 14.3 Å². The number of aromatic nitrogens is 2. The van der Waals surface area contributed by atoms with E-state index >= 15 is 0 Å². The topological polar surface area (TPSA) is 79.7 Å². The largest absolute Gasteiger partial charge is 0.465 e. The van der Waals surface area contributed by atoms with Crippen LogP contribution >= 0.6 is 0 Å². The van der Waals surface area contributed by atoms with E-state index in [0.717, 1.165) is 75.6 Å². The van der Waals surface area contributed by atoms with Crippen LogP contribution in [0.3, 0.4) is 0 Å². The van der Waals surface area contributed by atoms with Crippen molar-refractivity contribution in [2.75, 3.05) is 45.9 Å². The van der Waals surface area contributed by atoms with Gasteiger partial charge in [0.2, 0.25) is 5.91 Å². The molecule has 1 unspecified atom stereocenters. The first-order valence-corrected chi connectivity index (χ1v) is 10.4. The van der Waals surface area contributed by atoms with Gasteiger partial charge in [0, 0.05) is 50.5 Å². The number of hydrogen-bond acceptors (Lipinski definition) is 6. The Hall–Kier alpha value is -1.93. The van der Waals surface area contributed by atoms with Gasteiger partial charge in [-0.3, -0.25) is 19.2 Å². The Kier molecular flexibility index (Phi) is 7.07. The zero-order valence-electron chi connectivity index (χ0n) is 17.4. The van der Waals surface area contributed by atoms with Crippen LogP contribution in [-0.4, -0.2) is 77.3 Å². The molecule has 8 nitrogen and oxygen atoms in total. The van der Waals surface area contributed by atoms with Crippen molar-refractivity contribution in [3.05, 3.63) is 17.0 Å². The summed E-state index contributed by atoms with van der Waals surface area (Å²) in [6.07, 6.45) is 2.01. The fourth-order valence-corrected chi connectivity index (χ4v) is 4.21. The molecule has 1 aromatic rings. The molecule has 8 heteroatoms. The molecule has 1 N–H and O–H groups in total. The third-order valence-electron chi connectivity index (χ3n) is 5.78. The summed E-state index contributed by atoms with van der Waals surface area (Å²) in [5.74, 6) is 0.124. The Bertz CT molecular complexity index is 696. The van der Waals surface area contributed by atoms with Crippen LogP contribution in [0.4, 0.5) is 0 Å². The Morgan fingerprint density at radius 3 is 2.68 bits per heavy atom. The first-order valence-electron chi connectivity index (χ1n) is 10.4. The van der Waals surface area contributed by atoms with Crippen molar-refractivity contribution >= 4 is 11.9 Å². The molecule has 0 aliphatic carbocycles. The third-order valence-corrected chi connectivity index (χ3v) is 5.78. The molecule has 0 saturated carbocycles. The molecule has 1 atom stereocenters. The lowest BCUT2D eigenvalue weighted by Gasteiger charge is -2.36. The van der Waals surface area contributed by atoms with Crippen LogP contribution < -0.4 is 5.32 Å². The fourth-order valence-electron chi connectivity index (χ4n) is 4.21. The van der Waals surface area contributed by atoms with Gasteiger partial charge >= 0.3 is 5.97 Å². The lowest BCUT2D eigenvalue weighted by Crippen LogP contribution is -2.51. The number of ether oxygens (including phenoxy) is 1. The zero-order chi connectivity index (χ0) is 20.1. The van der Waals surface area contributed by atoms with Gasteiger partial charge in [-0.05, 0) is 40.2 Å². The number of carbonyl (C=O) groups is 2. The van der Waals surface area contributed by atoms with Crippen molar-refractivity contribution in [1.29, 1.82) is 0 Å². The smallest absolute Gasteiger partial charge is 0.327 e. The monoisotopic (exact) mass is 391 g/mol. The number of piperidine rings is 1. The minimum atomic E-state index is -0.265.